The minimum absolute atomic E-state index is 0.00547. The van der Waals surface area contributed by atoms with Crippen LogP contribution in [0.25, 0.3) is 11.4 Å². The Morgan fingerprint density at radius 3 is 2.44 bits per heavy atom. The minimum atomic E-state index is -4.51. The molecule has 0 radical (unpaired) electrons. The van der Waals surface area contributed by atoms with Gasteiger partial charge in [-0.15, -0.1) is 5.10 Å². The summed E-state index contributed by atoms with van der Waals surface area (Å²) in [6, 6.07) is 0.388. The Hall–Kier alpha value is -3.02. The van der Waals surface area contributed by atoms with Crippen LogP contribution in [0.15, 0.2) is 24.5 Å². The first kappa shape index (κ1) is 23.6. The molecule has 1 aliphatic rings. The lowest BCUT2D eigenvalue weighted by molar-refractivity contribution is -0.144. The summed E-state index contributed by atoms with van der Waals surface area (Å²) >= 11 is 0. The molecule has 0 bridgehead atoms. The van der Waals surface area contributed by atoms with Gasteiger partial charge in [0.15, 0.2) is 0 Å². The number of aromatic nitrogens is 4. The number of carbonyl (C=O) groups is 2. The summed E-state index contributed by atoms with van der Waals surface area (Å²) in [6.45, 7) is 5.45. The molecule has 1 fully saturated rings. The van der Waals surface area contributed by atoms with E-state index >= 15 is 0 Å². The number of aliphatic hydroxyl groups is 1. The Morgan fingerprint density at radius 1 is 1.22 bits per heavy atom. The van der Waals surface area contributed by atoms with Gasteiger partial charge in [-0.05, 0) is 17.5 Å². The van der Waals surface area contributed by atoms with E-state index in [1.54, 1.807) is 0 Å². The Balaban J connectivity index is 1.92. The third kappa shape index (κ3) is 4.74. The molecular formula is C20H25F3N6O3. The second-order valence-corrected chi connectivity index (χ2v) is 8.79. The van der Waals surface area contributed by atoms with E-state index in [0.29, 0.717) is 6.20 Å². The average molecular weight is 454 g/mol. The van der Waals surface area contributed by atoms with Gasteiger partial charge in [0.1, 0.15) is 17.8 Å². The molecule has 0 unspecified atom stereocenters. The molecule has 2 N–H and O–H groups in total. The second-order valence-electron chi connectivity index (χ2n) is 8.79. The fraction of sp³-hybridized carbons (Fsp3) is 0.550. The van der Waals surface area contributed by atoms with Gasteiger partial charge in [0.2, 0.25) is 11.8 Å². The van der Waals surface area contributed by atoms with Crippen LogP contribution < -0.4 is 5.32 Å². The molecule has 3 atom stereocenters. The number of alkyl halides is 3. The van der Waals surface area contributed by atoms with Gasteiger partial charge in [0.25, 0.3) is 0 Å². The van der Waals surface area contributed by atoms with Crippen LogP contribution in [0.4, 0.5) is 13.2 Å². The van der Waals surface area contributed by atoms with Crippen LogP contribution in [0.1, 0.15) is 38.8 Å². The van der Waals surface area contributed by atoms with Crippen molar-refractivity contribution in [2.24, 2.45) is 5.41 Å². The first-order chi connectivity index (χ1) is 14.8. The highest BCUT2D eigenvalue weighted by Crippen LogP contribution is 2.35. The Bertz CT molecular complexity index is 984. The van der Waals surface area contributed by atoms with Gasteiger partial charge in [-0.2, -0.15) is 13.2 Å². The topological polar surface area (TPSA) is 113 Å². The van der Waals surface area contributed by atoms with Crippen LogP contribution >= 0.6 is 0 Å². The third-order valence-corrected chi connectivity index (χ3v) is 5.29. The summed E-state index contributed by atoms with van der Waals surface area (Å²) < 4.78 is 39.7. The molecule has 1 saturated heterocycles. The van der Waals surface area contributed by atoms with Crippen molar-refractivity contribution in [1.29, 1.82) is 0 Å². The van der Waals surface area contributed by atoms with Gasteiger partial charge < -0.3 is 15.3 Å². The summed E-state index contributed by atoms with van der Waals surface area (Å²) in [5, 5.41) is 20.6. The number of amides is 2. The number of aliphatic hydroxyl groups excluding tert-OH is 1. The number of pyridine rings is 1. The fourth-order valence-corrected chi connectivity index (χ4v) is 3.74. The molecule has 1 aliphatic heterocycles. The maximum Gasteiger partial charge on any atom is 0.417 e. The number of hydrogen-bond acceptors (Lipinski definition) is 6. The van der Waals surface area contributed by atoms with E-state index in [9.17, 15) is 27.9 Å². The van der Waals surface area contributed by atoms with Gasteiger partial charge in [-0.3, -0.25) is 14.6 Å². The average Bonchev–Trinajstić information content (AvgIpc) is 3.33. The Kier molecular flexibility index (Phi) is 6.27. The van der Waals surface area contributed by atoms with Gasteiger partial charge in [-0.1, -0.05) is 26.0 Å². The molecule has 174 valence electrons. The molecule has 3 heterocycles. The van der Waals surface area contributed by atoms with Crippen LogP contribution in [-0.2, 0) is 15.8 Å². The standard InChI is InChI=1S/C20H25F3N6O3/c1-19(2,3)16(18(32)28-9-12(30)7-15(28)17(31)24-4)29-10-14(26-27-29)13-6-5-11(8-25-13)20(21,22)23/h5-6,8,10,12,15-16,30H,7,9H2,1-4H3,(H,24,31)/t12-,15+,16-/m1/s1. The lowest BCUT2D eigenvalue weighted by Crippen LogP contribution is -2.49. The molecule has 0 aromatic carbocycles. The lowest BCUT2D eigenvalue weighted by atomic mass is 9.85. The van der Waals surface area contributed by atoms with Crippen molar-refractivity contribution in [2.75, 3.05) is 13.6 Å². The summed E-state index contributed by atoms with van der Waals surface area (Å²) in [6.07, 6.45) is -3.07. The van der Waals surface area contributed by atoms with Crippen molar-refractivity contribution in [3.05, 3.63) is 30.1 Å². The number of rotatable bonds is 4. The van der Waals surface area contributed by atoms with Crippen molar-refractivity contribution in [2.45, 2.75) is 51.6 Å². The number of likely N-dealkylation sites (tertiary alicyclic amines) is 1. The number of halogens is 3. The zero-order valence-corrected chi connectivity index (χ0v) is 18.1. The van der Waals surface area contributed by atoms with Crippen molar-refractivity contribution in [3.63, 3.8) is 0 Å². The third-order valence-electron chi connectivity index (χ3n) is 5.29. The highest BCUT2D eigenvalue weighted by atomic mass is 19.4. The summed E-state index contributed by atoms with van der Waals surface area (Å²) in [4.78, 5) is 30.8. The molecule has 3 rings (SSSR count). The predicted octanol–water partition coefficient (Wildman–Crippen LogP) is 1.65. The van der Waals surface area contributed by atoms with E-state index in [2.05, 4.69) is 20.6 Å². The van der Waals surface area contributed by atoms with Crippen molar-refractivity contribution in [3.8, 4) is 11.4 Å². The SMILES string of the molecule is CNC(=O)[C@@H]1C[C@@H](O)CN1C(=O)[C@@H](n1cc(-c2ccc(C(F)(F)F)cn2)nn1)C(C)(C)C. The Morgan fingerprint density at radius 2 is 1.91 bits per heavy atom. The Labute approximate surface area is 182 Å². The zero-order chi connectivity index (χ0) is 23.8. The van der Waals surface area contributed by atoms with Crippen LogP contribution in [0, 0.1) is 5.41 Å². The number of β-amino-alcohol motifs (C(OH)–C–C–N with tert-alkyl or cyclic N) is 1. The lowest BCUT2D eigenvalue weighted by Gasteiger charge is -2.34. The maximum absolute atomic E-state index is 13.5. The normalized spacial score (nSPS) is 20.3. The molecule has 12 heteroatoms. The first-order valence-corrected chi connectivity index (χ1v) is 9.98. The molecular weight excluding hydrogens is 429 g/mol. The summed E-state index contributed by atoms with van der Waals surface area (Å²) in [5.41, 5.74) is -1.17. The van der Waals surface area contributed by atoms with E-state index in [0.717, 1.165) is 6.07 Å². The number of likely N-dealkylation sites (N-methyl/N-ethyl adjacent to an activating group) is 1. The van der Waals surface area contributed by atoms with Crippen LogP contribution in [0.2, 0.25) is 0 Å². The smallest absolute Gasteiger partial charge is 0.391 e. The number of nitrogens with zero attached hydrogens (tertiary/aromatic N) is 5. The molecule has 0 saturated carbocycles. The first-order valence-electron chi connectivity index (χ1n) is 9.98. The molecule has 2 amide bonds. The van der Waals surface area contributed by atoms with E-state index < -0.39 is 41.2 Å². The highest BCUT2D eigenvalue weighted by molar-refractivity contribution is 5.90. The molecule has 9 nitrogen and oxygen atoms in total. The maximum atomic E-state index is 13.5. The van der Waals surface area contributed by atoms with E-state index in [4.69, 9.17) is 0 Å². The van der Waals surface area contributed by atoms with Gasteiger partial charge in [-0.25, -0.2) is 4.68 Å². The van der Waals surface area contributed by atoms with Crippen LogP contribution in [0.5, 0.6) is 0 Å². The number of carbonyl (C=O) groups excluding carboxylic acids is 2. The highest BCUT2D eigenvalue weighted by Gasteiger charge is 2.45. The quantitative estimate of drug-likeness (QED) is 0.727. The van der Waals surface area contributed by atoms with E-state index in [1.807, 2.05) is 20.8 Å². The monoisotopic (exact) mass is 454 g/mol. The van der Waals surface area contributed by atoms with Crippen molar-refractivity contribution < 1.29 is 27.9 Å². The zero-order valence-electron chi connectivity index (χ0n) is 18.1. The molecule has 0 spiro atoms. The van der Waals surface area contributed by atoms with E-state index in [1.165, 1.54) is 28.9 Å². The molecule has 2 aromatic heterocycles. The van der Waals surface area contributed by atoms with Crippen LogP contribution in [0.3, 0.4) is 0 Å². The molecule has 0 aliphatic carbocycles. The molecule has 2 aromatic rings. The predicted molar refractivity (Wildman–Crippen MR) is 107 cm³/mol. The van der Waals surface area contributed by atoms with Gasteiger partial charge in [0, 0.05) is 26.2 Å². The van der Waals surface area contributed by atoms with Gasteiger partial charge in [0.05, 0.1) is 23.6 Å². The summed E-state index contributed by atoms with van der Waals surface area (Å²) in [7, 11) is 1.46. The largest absolute Gasteiger partial charge is 0.417 e. The number of nitrogens with one attached hydrogen (secondary N) is 1. The van der Waals surface area contributed by atoms with Crippen LogP contribution in [-0.4, -0.2) is 67.5 Å². The van der Waals surface area contributed by atoms with Crippen molar-refractivity contribution in [1.82, 2.24) is 30.2 Å². The second kappa shape index (κ2) is 8.49. The number of hydrogen-bond donors (Lipinski definition) is 2. The minimum Gasteiger partial charge on any atom is -0.391 e. The molecule has 32 heavy (non-hydrogen) atoms. The van der Waals surface area contributed by atoms with Crippen molar-refractivity contribution >= 4 is 11.8 Å². The fourth-order valence-electron chi connectivity index (χ4n) is 3.74. The van der Waals surface area contributed by atoms with Gasteiger partial charge >= 0.3 is 6.18 Å². The van der Waals surface area contributed by atoms with E-state index in [-0.39, 0.29) is 30.3 Å². The summed E-state index contributed by atoms with van der Waals surface area (Å²) in [5.74, 6) is -0.796.